The SMILES string of the molecule is CN1CCCC1Cc1nnc2c(Cl)cccn12. The molecule has 5 heteroatoms. The van der Waals surface area contributed by atoms with Gasteiger partial charge in [0.15, 0.2) is 5.65 Å². The number of likely N-dealkylation sites (tertiary alicyclic amines) is 1. The van der Waals surface area contributed by atoms with Crippen molar-refractivity contribution in [3.63, 3.8) is 0 Å². The van der Waals surface area contributed by atoms with Gasteiger partial charge in [0, 0.05) is 18.7 Å². The highest BCUT2D eigenvalue weighted by Crippen LogP contribution is 2.20. The molecule has 1 aliphatic rings. The number of fused-ring (bicyclic) bond motifs is 1. The van der Waals surface area contributed by atoms with Gasteiger partial charge in [0.25, 0.3) is 0 Å². The molecule has 0 radical (unpaired) electrons. The van der Waals surface area contributed by atoms with Crippen LogP contribution in [-0.4, -0.2) is 39.1 Å². The van der Waals surface area contributed by atoms with Crippen molar-refractivity contribution >= 4 is 17.2 Å². The number of rotatable bonds is 2. The van der Waals surface area contributed by atoms with Gasteiger partial charge in [-0.2, -0.15) is 0 Å². The van der Waals surface area contributed by atoms with Crippen LogP contribution in [0.1, 0.15) is 18.7 Å². The minimum atomic E-state index is 0.585. The second-order valence-corrected chi connectivity index (χ2v) is 5.05. The van der Waals surface area contributed by atoms with Crippen molar-refractivity contribution in [1.82, 2.24) is 19.5 Å². The normalized spacial score (nSPS) is 21.4. The summed E-state index contributed by atoms with van der Waals surface area (Å²) >= 11 is 6.08. The summed E-state index contributed by atoms with van der Waals surface area (Å²) in [6.07, 6.45) is 5.44. The zero-order valence-corrected chi connectivity index (χ0v) is 10.6. The molecule has 3 rings (SSSR count). The Balaban J connectivity index is 1.93. The van der Waals surface area contributed by atoms with Gasteiger partial charge in [0.1, 0.15) is 5.82 Å². The molecule has 1 atom stereocenters. The van der Waals surface area contributed by atoms with E-state index in [0.29, 0.717) is 11.1 Å². The minimum Gasteiger partial charge on any atom is -0.303 e. The molecule has 0 amide bonds. The molecule has 1 fully saturated rings. The van der Waals surface area contributed by atoms with E-state index >= 15 is 0 Å². The molecule has 17 heavy (non-hydrogen) atoms. The first kappa shape index (κ1) is 11.0. The van der Waals surface area contributed by atoms with Gasteiger partial charge >= 0.3 is 0 Å². The van der Waals surface area contributed by atoms with Crippen LogP contribution in [0.25, 0.3) is 5.65 Å². The molecule has 2 aromatic rings. The van der Waals surface area contributed by atoms with E-state index in [1.165, 1.54) is 19.4 Å². The van der Waals surface area contributed by atoms with E-state index in [4.69, 9.17) is 11.6 Å². The fourth-order valence-corrected chi connectivity index (χ4v) is 2.72. The van der Waals surface area contributed by atoms with E-state index in [0.717, 1.165) is 17.9 Å². The van der Waals surface area contributed by atoms with Crippen LogP contribution in [0.3, 0.4) is 0 Å². The van der Waals surface area contributed by atoms with Crippen molar-refractivity contribution in [1.29, 1.82) is 0 Å². The molecule has 1 unspecified atom stereocenters. The fourth-order valence-electron chi connectivity index (χ4n) is 2.52. The van der Waals surface area contributed by atoms with E-state index in [2.05, 4.69) is 22.1 Å². The Labute approximate surface area is 105 Å². The molecule has 3 heterocycles. The van der Waals surface area contributed by atoms with Gasteiger partial charge in [-0.25, -0.2) is 0 Å². The summed E-state index contributed by atoms with van der Waals surface area (Å²) in [4.78, 5) is 2.39. The first-order valence-electron chi connectivity index (χ1n) is 5.94. The summed E-state index contributed by atoms with van der Waals surface area (Å²) in [5.74, 6) is 1.00. The van der Waals surface area contributed by atoms with Gasteiger partial charge in [0.2, 0.25) is 0 Å². The van der Waals surface area contributed by atoms with Crippen molar-refractivity contribution in [3.8, 4) is 0 Å². The summed E-state index contributed by atoms with van der Waals surface area (Å²) in [6.45, 7) is 1.18. The molecular formula is C12H15ClN4. The summed E-state index contributed by atoms with van der Waals surface area (Å²) in [5, 5.41) is 9.06. The maximum atomic E-state index is 6.08. The van der Waals surface area contributed by atoms with Crippen LogP contribution >= 0.6 is 11.6 Å². The van der Waals surface area contributed by atoms with Crippen LogP contribution in [-0.2, 0) is 6.42 Å². The molecule has 0 aromatic carbocycles. The van der Waals surface area contributed by atoms with Crippen LogP contribution in [0.5, 0.6) is 0 Å². The summed E-state index contributed by atoms with van der Waals surface area (Å²) in [5.41, 5.74) is 0.754. The van der Waals surface area contributed by atoms with E-state index in [-0.39, 0.29) is 0 Å². The lowest BCUT2D eigenvalue weighted by atomic mass is 10.1. The topological polar surface area (TPSA) is 33.4 Å². The number of pyridine rings is 1. The molecule has 0 saturated carbocycles. The highest BCUT2D eigenvalue weighted by atomic mass is 35.5. The maximum Gasteiger partial charge on any atom is 0.179 e. The molecule has 0 aliphatic carbocycles. The lowest BCUT2D eigenvalue weighted by molar-refractivity contribution is 0.305. The minimum absolute atomic E-state index is 0.585. The largest absolute Gasteiger partial charge is 0.303 e. The van der Waals surface area contributed by atoms with Gasteiger partial charge in [-0.05, 0) is 38.6 Å². The Morgan fingerprint density at radius 3 is 3.12 bits per heavy atom. The molecular weight excluding hydrogens is 236 g/mol. The summed E-state index contributed by atoms with van der Waals surface area (Å²) < 4.78 is 1.99. The van der Waals surface area contributed by atoms with Crippen molar-refractivity contribution in [2.75, 3.05) is 13.6 Å². The van der Waals surface area contributed by atoms with E-state index in [9.17, 15) is 0 Å². The van der Waals surface area contributed by atoms with E-state index in [1.54, 1.807) is 0 Å². The van der Waals surface area contributed by atoms with Gasteiger partial charge in [-0.1, -0.05) is 11.6 Å². The van der Waals surface area contributed by atoms with E-state index < -0.39 is 0 Å². The van der Waals surface area contributed by atoms with Gasteiger partial charge in [-0.15, -0.1) is 10.2 Å². The third-order valence-corrected chi connectivity index (χ3v) is 3.84. The molecule has 0 N–H and O–H groups in total. The standard InChI is InChI=1S/C12H15ClN4/c1-16-6-2-4-9(16)8-11-14-15-12-10(13)5-3-7-17(11)12/h3,5,7,9H,2,4,6,8H2,1H3. The predicted molar refractivity (Wildman–Crippen MR) is 67.4 cm³/mol. The number of hydrogen-bond donors (Lipinski definition) is 0. The third kappa shape index (κ3) is 1.91. The molecule has 4 nitrogen and oxygen atoms in total. The number of hydrogen-bond acceptors (Lipinski definition) is 3. The quantitative estimate of drug-likeness (QED) is 0.818. The molecule has 0 bridgehead atoms. The monoisotopic (exact) mass is 250 g/mol. The summed E-state index contributed by atoms with van der Waals surface area (Å²) in [7, 11) is 2.17. The van der Waals surface area contributed by atoms with Gasteiger partial charge < -0.3 is 4.90 Å². The Kier molecular flexibility index (Phi) is 2.76. The number of aromatic nitrogens is 3. The molecule has 1 aliphatic heterocycles. The molecule has 0 spiro atoms. The molecule has 1 saturated heterocycles. The van der Waals surface area contributed by atoms with Crippen LogP contribution in [0, 0.1) is 0 Å². The smallest absolute Gasteiger partial charge is 0.179 e. The summed E-state index contributed by atoms with van der Waals surface area (Å²) in [6, 6.07) is 4.36. The lowest BCUT2D eigenvalue weighted by Gasteiger charge is -2.18. The molecule has 2 aromatic heterocycles. The highest BCUT2D eigenvalue weighted by molar-refractivity contribution is 6.33. The first-order valence-corrected chi connectivity index (χ1v) is 6.32. The van der Waals surface area contributed by atoms with Crippen molar-refractivity contribution in [3.05, 3.63) is 29.2 Å². The van der Waals surface area contributed by atoms with Crippen LogP contribution in [0.15, 0.2) is 18.3 Å². The first-order chi connectivity index (χ1) is 8.25. The van der Waals surface area contributed by atoms with Crippen molar-refractivity contribution < 1.29 is 0 Å². The Bertz CT molecular complexity index is 536. The van der Waals surface area contributed by atoms with Crippen LogP contribution in [0.4, 0.5) is 0 Å². The Morgan fingerprint density at radius 2 is 2.35 bits per heavy atom. The predicted octanol–water partition coefficient (Wildman–Crippen LogP) is 2.02. The van der Waals surface area contributed by atoms with Gasteiger partial charge in [-0.3, -0.25) is 4.40 Å². The molecule has 90 valence electrons. The fraction of sp³-hybridized carbons (Fsp3) is 0.500. The highest BCUT2D eigenvalue weighted by Gasteiger charge is 2.23. The van der Waals surface area contributed by atoms with Crippen LogP contribution < -0.4 is 0 Å². The average molecular weight is 251 g/mol. The zero-order valence-electron chi connectivity index (χ0n) is 9.80. The lowest BCUT2D eigenvalue weighted by Crippen LogP contribution is -2.27. The van der Waals surface area contributed by atoms with Gasteiger partial charge in [0.05, 0.1) is 5.02 Å². The van der Waals surface area contributed by atoms with Crippen LogP contribution in [0.2, 0.25) is 5.02 Å². The number of likely N-dealkylation sites (N-methyl/N-ethyl adjacent to an activating group) is 1. The zero-order chi connectivity index (χ0) is 11.8. The Morgan fingerprint density at radius 1 is 1.47 bits per heavy atom. The van der Waals surface area contributed by atoms with Crippen molar-refractivity contribution in [2.24, 2.45) is 0 Å². The second-order valence-electron chi connectivity index (χ2n) is 4.65. The average Bonchev–Trinajstić information content (AvgIpc) is 2.89. The third-order valence-electron chi connectivity index (χ3n) is 3.55. The number of nitrogens with zero attached hydrogens (tertiary/aromatic N) is 4. The maximum absolute atomic E-state index is 6.08. The van der Waals surface area contributed by atoms with E-state index in [1.807, 2.05) is 22.7 Å². The van der Waals surface area contributed by atoms with Crippen molar-refractivity contribution in [2.45, 2.75) is 25.3 Å². The number of halogens is 1. The second kappa shape index (κ2) is 4.27. The Hall–Kier alpha value is -1.13.